The van der Waals surface area contributed by atoms with Gasteiger partial charge in [0.2, 0.25) is 0 Å². The van der Waals surface area contributed by atoms with Crippen LogP contribution in [0.3, 0.4) is 0 Å². The number of pyridine rings is 1. The number of methoxy groups -OCH3 is 1. The molecule has 0 saturated carbocycles. The maximum absolute atomic E-state index is 12.8. The third-order valence-corrected chi connectivity index (χ3v) is 5.34. The summed E-state index contributed by atoms with van der Waals surface area (Å²) in [6.07, 6.45) is 1.70. The van der Waals surface area contributed by atoms with E-state index in [1.807, 2.05) is 42.5 Å². The van der Waals surface area contributed by atoms with Gasteiger partial charge in [-0.25, -0.2) is 4.79 Å². The van der Waals surface area contributed by atoms with E-state index < -0.39 is 17.9 Å². The Kier molecular flexibility index (Phi) is 6.55. The van der Waals surface area contributed by atoms with Crippen LogP contribution in [-0.4, -0.2) is 35.8 Å². The second-order valence-corrected chi connectivity index (χ2v) is 7.56. The number of aromatic nitrogens is 1. The summed E-state index contributed by atoms with van der Waals surface area (Å²) < 4.78 is 4.89. The molecule has 0 aliphatic carbocycles. The SMILES string of the molecule is COC(=O)[C@@H](Cc1ccc(C(=O)c2ccccc2)cc1)NC(=O)c1cnc2ccccc2c1. The third kappa shape index (κ3) is 5.13. The summed E-state index contributed by atoms with van der Waals surface area (Å²) in [5, 5.41) is 3.57. The first-order valence-electron chi connectivity index (χ1n) is 10.5. The number of carbonyl (C=O) groups excluding carboxylic acids is 3. The monoisotopic (exact) mass is 438 g/mol. The van der Waals surface area contributed by atoms with E-state index in [-0.39, 0.29) is 12.2 Å². The molecule has 33 heavy (non-hydrogen) atoms. The Morgan fingerprint density at radius 2 is 1.52 bits per heavy atom. The predicted octanol–water partition coefficient (Wildman–Crippen LogP) is 3.98. The van der Waals surface area contributed by atoms with Gasteiger partial charge >= 0.3 is 5.97 Å². The van der Waals surface area contributed by atoms with Crippen LogP contribution in [0.4, 0.5) is 0 Å². The van der Waals surface area contributed by atoms with Crippen LogP contribution in [-0.2, 0) is 16.0 Å². The van der Waals surface area contributed by atoms with Crippen molar-refractivity contribution in [2.24, 2.45) is 0 Å². The molecular formula is C27H22N2O4. The number of ketones is 1. The summed E-state index contributed by atoms with van der Waals surface area (Å²) in [5.41, 5.74) is 3.07. The first kappa shape index (κ1) is 21.9. The van der Waals surface area contributed by atoms with Crippen molar-refractivity contribution < 1.29 is 19.1 Å². The molecule has 0 bridgehead atoms. The largest absolute Gasteiger partial charge is 0.467 e. The van der Waals surface area contributed by atoms with E-state index in [0.29, 0.717) is 16.7 Å². The van der Waals surface area contributed by atoms with Crippen LogP contribution in [0.2, 0.25) is 0 Å². The summed E-state index contributed by atoms with van der Waals surface area (Å²) >= 11 is 0. The van der Waals surface area contributed by atoms with Crippen molar-refractivity contribution in [2.45, 2.75) is 12.5 Å². The fourth-order valence-electron chi connectivity index (χ4n) is 3.56. The van der Waals surface area contributed by atoms with Crippen LogP contribution in [0.5, 0.6) is 0 Å². The summed E-state index contributed by atoms with van der Waals surface area (Å²) in [6, 6.07) is 24.3. The summed E-state index contributed by atoms with van der Waals surface area (Å²) in [7, 11) is 1.28. The normalized spacial score (nSPS) is 11.5. The number of para-hydroxylation sites is 1. The molecule has 0 aliphatic rings. The Balaban J connectivity index is 1.49. The van der Waals surface area contributed by atoms with Crippen LogP contribution in [0.25, 0.3) is 10.9 Å². The molecule has 164 valence electrons. The molecule has 1 amide bonds. The lowest BCUT2D eigenvalue weighted by Gasteiger charge is -2.17. The molecule has 0 spiro atoms. The fourth-order valence-corrected chi connectivity index (χ4v) is 3.56. The molecule has 6 heteroatoms. The zero-order valence-electron chi connectivity index (χ0n) is 18.0. The van der Waals surface area contributed by atoms with Crippen LogP contribution < -0.4 is 5.32 Å². The minimum Gasteiger partial charge on any atom is -0.467 e. The summed E-state index contributed by atoms with van der Waals surface area (Å²) in [6.45, 7) is 0. The van der Waals surface area contributed by atoms with Gasteiger partial charge in [0.05, 0.1) is 18.2 Å². The van der Waals surface area contributed by atoms with Gasteiger partial charge in [0.25, 0.3) is 5.91 Å². The lowest BCUT2D eigenvalue weighted by molar-refractivity contribution is -0.142. The molecule has 1 aromatic heterocycles. The molecule has 1 heterocycles. The van der Waals surface area contributed by atoms with Crippen LogP contribution in [0, 0.1) is 0 Å². The number of ether oxygens (including phenoxy) is 1. The number of nitrogens with one attached hydrogen (secondary N) is 1. The van der Waals surface area contributed by atoms with Gasteiger partial charge < -0.3 is 10.1 Å². The number of rotatable bonds is 7. The zero-order valence-corrected chi connectivity index (χ0v) is 18.0. The Morgan fingerprint density at radius 3 is 2.24 bits per heavy atom. The topological polar surface area (TPSA) is 85.4 Å². The zero-order chi connectivity index (χ0) is 23.2. The van der Waals surface area contributed by atoms with Crippen molar-refractivity contribution in [3.8, 4) is 0 Å². The molecule has 1 atom stereocenters. The van der Waals surface area contributed by atoms with Gasteiger partial charge in [-0.05, 0) is 17.7 Å². The van der Waals surface area contributed by atoms with Gasteiger partial charge in [-0.2, -0.15) is 0 Å². The van der Waals surface area contributed by atoms with Crippen molar-refractivity contribution in [3.05, 3.63) is 113 Å². The standard InChI is InChI=1S/C27H22N2O4/c1-33-27(32)24(29-26(31)22-16-21-9-5-6-10-23(21)28-17-22)15-18-11-13-20(14-12-18)25(30)19-7-3-2-4-8-19/h2-14,16-17,24H,15H2,1H3,(H,29,31)/t24-/m1/s1. The summed E-state index contributed by atoms with van der Waals surface area (Å²) in [4.78, 5) is 42.0. The quantitative estimate of drug-likeness (QED) is 0.348. The van der Waals surface area contributed by atoms with Crippen LogP contribution in [0.15, 0.2) is 91.1 Å². The average Bonchev–Trinajstić information content (AvgIpc) is 2.88. The summed E-state index contributed by atoms with van der Waals surface area (Å²) in [5.74, 6) is -1.05. The molecule has 0 saturated heterocycles. The van der Waals surface area contributed by atoms with Crippen molar-refractivity contribution in [3.63, 3.8) is 0 Å². The average molecular weight is 438 g/mol. The number of esters is 1. The molecule has 0 unspecified atom stereocenters. The molecule has 0 radical (unpaired) electrons. The number of carbonyl (C=O) groups is 3. The Labute approximate surface area is 191 Å². The molecule has 0 fully saturated rings. The van der Waals surface area contributed by atoms with E-state index in [2.05, 4.69) is 10.3 Å². The number of benzene rings is 3. The minimum absolute atomic E-state index is 0.0798. The van der Waals surface area contributed by atoms with E-state index in [4.69, 9.17) is 4.74 Å². The molecule has 3 aromatic carbocycles. The van der Waals surface area contributed by atoms with Crippen molar-refractivity contribution in [1.29, 1.82) is 0 Å². The highest BCUT2D eigenvalue weighted by atomic mass is 16.5. The Morgan fingerprint density at radius 1 is 0.848 bits per heavy atom. The number of amides is 1. The van der Waals surface area contributed by atoms with Crippen LogP contribution >= 0.6 is 0 Å². The lowest BCUT2D eigenvalue weighted by atomic mass is 9.99. The Hall–Kier alpha value is -4.32. The fraction of sp³-hybridized carbons (Fsp3) is 0.111. The molecule has 6 nitrogen and oxygen atoms in total. The van der Waals surface area contributed by atoms with Crippen molar-refractivity contribution >= 4 is 28.6 Å². The minimum atomic E-state index is -0.885. The predicted molar refractivity (Wildman–Crippen MR) is 125 cm³/mol. The molecule has 0 aliphatic heterocycles. The Bertz CT molecular complexity index is 1300. The smallest absolute Gasteiger partial charge is 0.328 e. The van der Waals surface area contributed by atoms with Gasteiger partial charge in [0.1, 0.15) is 6.04 Å². The number of nitrogens with zero attached hydrogens (tertiary/aromatic N) is 1. The maximum Gasteiger partial charge on any atom is 0.328 e. The van der Waals surface area contributed by atoms with E-state index >= 15 is 0 Å². The van der Waals surface area contributed by atoms with E-state index in [1.165, 1.54) is 13.3 Å². The second kappa shape index (κ2) is 9.87. The second-order valence-electron chi connectivity index (χ2n) is 7.56. The van der Waals surface area contributed by atoms with E-state index in [0.717, 1.165) is 16.5 Å². The van der Waals surface area contributed by atoms with Gasteiger partial charge in [0, 0.05) is 29.1 Å². The van der Waals surface area contributed by atoms with Gasteiger partial charge in [-0.15, -0.1) is 0 Å². The first-order valence-corrected chi connectivity index (χ1v) is 10.5. The van der Waals surface area contributed by atoms with Crippen molar-refractivity contribution in [1.82, 2.24) is 10.3 Å². The molecule has 4 rings (SSSR count). The lowest BCUT2D eigenvalue weighted by Crippen LogP contribution is -2.43. The van der Waals surface area contributed by atoms with E-state index in [1.54, 1.807) is 42.5 Å². The maximum atomic E-state index is 12.8. The molecule has 1 N–H and O–H groups in total. The highest BCUT2D eigenvalue weighted by Crippen LogP contribution is 2.15. The molecule has 4 aromatic rings. The number of hydrogen-bond donors (Lipinski definition) is 1. The number of fused-ring (bicyclic) bond motifs is 1. The van der Waals surface area contributed by atoms with Gasteiger partial charge in [0.15, 0.2) is 5.78 Å². The van der Waals surface area contributed by atoms with E-state index in [9.17, 15) is 14.4 Å². The van der Waals surface area contributed by atoms with Gasteiger partial charge in [-0.3, -0.25) is 14.6 Å². The highest BCUT2D eigenvalue weighted by molar-refractivity contribution is 6.09. The van der Waals surface area contributed by atoms with Crippen molar-refractivity contribution in [2.75, 3.05) is 7.11 Å². The number of hydrogen-bond acceptors (Lipinski definition) is 5. The third-order valence-electron chi connectivity index (χ3n) is 5.34. The first-order chi connectivity index (χ1) is 16.0. The highest BCUT2D eigenvalue weighted by Gasteiger charge is 2.23. The van der Waals surface area contributed by atoms with Gasteiger partial charge in [-0.1, -0.05) is 72.8 Å². The van der Waals surface area contributed by atoms with Crippen LogP contribution in [0.1, 0.15) is 31.8 Å². The molecular weight excluding hydrogens is 416 g/mol.